The van der Waals surface area contributed by atoms with Crippen LogP contribution in [-0.4, -0.2) is 18.0 Å². The molecule has 1 aliphatic heterocycles. The van der Waals surface area contributed by atoms with E-state index in [9.17, 15) is 9.18 Å². The molecule has 0 fully saturated rings. The first-order valence-corrected chi connectivity index (χ1v) is 8.87. The summed E-state index contributed by atoms with van der Waals surface area (Å²) in [6.07, 6.45) is 2.17. The molecule has 4 rings (SSSR count). The highest BCUT2D eigenvalue weighted by Crippen LogP contribution is 2.44. The molecule has 2 aromatic carbocycles. The summed E-state index contributed by atoms with van der Waals surface area (Å²) in [6.45, 7) is 1.85. The molecule has 0 radical (unpaired) electrons. The number of carbonyl (C=O) groups excluding carboxylic acids is 1. The third-order valence-corrected chi connectivity index (χ3v) is 5.15. The first-order chi connectivity index (χ1) is 12.6. The van der Waals surface area contributed by atoms with E-state index in [1.54, 1.807) is 24.3 Å². The van der Waals surface area contributed by atoms with Crippen molar-refractivity contribution in [1.29, 1.82) is 0 Å². The Hall–Kier alpha value is -2.82. The van der Waals surface area contributed by atoms with Crippen LogP contribution >= 0.6 is 0 Å². The summed E-state index contributed by atoms with van der Waals surface area (Å²) < 4.78 is 18.8. The van der Waals surface area contributed by atoms with Gasteiger partial charge >= 0.3 is 0 Å². The van der Waals surface area contributed by atoms with Gasteiger partial charge < -0.3 is 4.74 Å². The molecule has 1 amide bonds. The van der Waals surface area contributed by atoms with Crippen molar-refractivity contribution in [1.82, 2.24) is 10.4 Å². The number of amides is 1. The maximum atomic E-state index is 13.4. The molecule has 2 aromatic rings. The number of ether oxygens (including phenoxy) is 1. The van der Waals surface area contributed by atoms with Crippen LogP contribution in [0.25, 0.3) is 5.70 Å². The summed E-state index contributed by atoms with van der Waals surface area (Å²) >= 11 is 0. The fraction of sp³-hybridized carbons (Fsp3) is 0.286. The molecule has 134 valence electrons. The largest absolute Gasteiger partial charge is 0.497 e. The molecule has 26 heavy (non-hydrogen) atoms. The van der Waals surface area contributed by atoms with Crippen LogP contribution in [0.5, 0.6) is 5.75 Å². The summed E-state index contributed by atoms with van der Waals surface area (Å²) in [6, 6.07) is 12.3. The highest BCUT2D eigenvalue weighted by molar-refractivity contribution is 5.83. The number of halogens is 1. The standard InChI is InChI=1S/C21H21FN2O2/c1-3-19(25)24-21(14-4-8-15(22)9-5-14)17-11-7-13-6-10-16(26-2)12-18(13)20(17)23-24/h4-6,8-10,12,21,23H,3,7,11H2,1-2H3. The molecule has 0 saturated heterocycles. The predicted octanol–water partition coefficient (Wildman–Crippen LogP) is 3.99. The van der Waals surface area contributed by atoms with E-state index in [-0.39, 0.29) is 17.8 Å². The number of methoxy groups -OCH3 is 1. The van der Waals surface area contributed by atoms with Crippen LogP contribution < -0.4 is 10.2 Å². The van der Waals surface area contributed by atoms with Gasteiger partial charge in [0.15, 0.2) is 0 Å². The predicted molar refractivity (Wildman–Crippen MR) is 97.6 cm³/mol. The Morgan fingerprint density at radius 2 is 2.00 bits per heavy atom. The molecule has 0 bridgehead atoms. The Labute approximate surface area is 152 Å². The Bertz CT molecular complexity index is 889. The maximum Gasteiger partial charge on any atom is 0.241 e. The van der Waals surface area contributed by atoms with Gasteiger partial charge in [0.2, 0.25) is 5.91 Å². The minimum absolute atomic E-state index is 0.0122. The topological polar surface area (TPSA) is 41.6 Å². The normalized spacial score (nSPS) is 18.3. The van der Waals surface area contributed by atoms with E-state index in [1.165, 1.54) is 23.3 Å². The van der Waals surface area contributed by atoms with E-state index in [0.717, 1.165) is 35.4 Å². The number of fused-ring (bicyclic) bond motifs is 2. The minimum atomic E-state index is -0.277. The van der Waals surface area contributed by atoms with Crippen molar-refractivity contribution in [3.8, 4) is 5.75 Å². The van der Waals surface area contributed by atoms with E-state index < -0.39 is 0 Å². The van der Waals surface area contributed by atoms with Crippen LogP contribution in [0.4, 0.5) is 4.39 Å². The van der Waals surface area contributed by atoms with Gasteiger partial charge in [-0.25, -0.2) is 9.40 Å². The molecule has 0 aromatic heterocycles. The smallest absolute Gasteiger partial charge is 0.241 e. The third kappa shape index (κ3) is 2.64. The molecule has 1 heterocycles. The lowest BCUT2D eigenvalue weighted by molar-refractivity contribution is -0.134. The van der Waals surface area contributed by atoms with Gasteiger partial charge in [-0.1, -0.05) is 25.1 Å². The number of nitrogens with one attached hydrogen (secondary N) is 1. The quantitative estimate of drug-likeness (QED) is 0.908. The second kappa shape index (κ2) is 6.48. The average molecular weight is 352 g/mol. The van der Waals surface area contributed by atoms with Crippen LogP contribution in [0.15, 0.2) is 48.0 Å². The summed E-state index contributed by atoms with van der Waals surface area (Å²) in [4.78, 5) is 12.6. The molecule has 0 spiro atoms. The van der Waals surface area contributed by atoms with Crippen molar-refractivity contribution >= 4 is 11.6 Å². The van der Waals surface area contributed by atoms with E-state index in [1.807, 2.05) is 19.1 Å². The number of aryl methyl sites for hydroxylation is 1. The zero-order chi connectivity index (χ0) is 18.3. The first-order valence-electron chi connectivity index (χ1n) is 8.87. The molecule has 1 aliphatic carbocycles. The van der Waals surface area contributed by atoms with E-state index in [4.69, 9.17) is 4.74 Å². The van der Waals surface area contributed by atoms with E-state index in [2.05, 4.69) is 11.5 Å². The zero-order valence-corrected chi connectivity index (χ0v) is 14.9. The second-order valence-electron chi connectivity index (χ2n) is 6.61. The van der Waals surface area contributed by atoms with Crippen molar-refractivity contribution in [3.05, 3.63) is 70.5 Å². The number of hydrogen-bond donors (Lipinski definition) is 1. The summed E-state index contributed by atoms with van der Waals surface area (Å²) in [7, 11) is 1.65. The molecule has 1 atom stereocenters. The lowest BCUT2D eigenvalue weighted by Gasteiger charge is -2.26. The van der Waals surface area contributed by atoms with Crippen LogP contribution in [0, 0.1) is 5.82 Å². The van der Waals surface area contributed by atoms with Gasteiger partial charge in [0.1, 0.15) is 17.6 Å². The third-order valence-electron chi connectivity index (χ3n) is 5.15. The van der Waals surface area contributed by atoms with Gasteiger partial charge in [0.05, 0.1) is 12.8 Å². The number of benzene rings is 2. The Morgan fingerprint density at radius 3 is 2.69 bits per heavy atom. The summed E-state index contributed by atoms with van der Waals surface area (Å²) in [5.74, 6) is 0.525. The van der Waals surface area contributed by atoms with Crippen LogP contribution in [0.2, 0.25) is 0 Å². The fourth-order valence-electron chi connectivity index (χ4n) is 3.82. The summed E-state index contributed by atoms with van der Waals surface area (Å²) in [5, 5.41) is 1.69. The molecular formula is C21H21FN2O2. The molecule has 0 saturated carbocycles. The molecule has 1 N–H and O–H groups in total. The zero-order valence-electron chi connectivity index (χ0n) is 14.9. The number of nitrogens with zero attached hydrogens (tertiary/aromatic N) is 1. The van der Waals surface area contributed by atoms with Gasteiger partial charge in [-0.2, -0.15) is 0 Å². The second-order valence-corrected chi connectivity index (χ2v) is 6.61. The first kappa shape index (κ1) is 16.6. The van der Waals surface area contributed by atoms with E-state index in [0.29, 0.717) is 6.42 Å². The van der Waals surface area contributed by atoms with Crippen LogP contribution in [-0.2, 0) is 11.2 Å². The number of carbonyl (C=O) groups is 1. The lowest BCUT2D eigenvalue weighted by atomic mass is 9.85. The van der Waals surface area contributed by atoms with E-state index >= 15 is 0 Å². The van der Waals surface area contributed by atoms with Gasteiger partial charge in [0.25, 0.3) is 0 Å². The monoisotopic (exact) mass is 352 g/mol. The fourth-order valence-corrected chi connectivity index (χ4v) is 3.82. The van der Waals surface area contributed by atoms with Crippen molar-refractivity contribution in [2.24, 2.45) is 0 Å². The molecule has 4 nitrogen and oxygen atoms in total. The van der Waals surface area contributed by atoms with Gasteiger partial charge in [-0.3, -0.25) is 10.2 Å². The highest BCUT2D eigenvalue weighted by atomic mass is 19.1. The summed E-state index contributed by atoms with van der Waals surface area (Å²) in [5.41, 5.74) is 8.69. The highest BCUT2D eigenvalue weighted by Gasteiger charge is 2.38. The lowest BCUT2D eigenvalue weighted by Crippen LogP contribution is -2.39. The van der Waals surface area contributed by atoms with Crippen LogP contribution in [0.1, 0.15) is 42.5 Å². The Morgan fingerprint density at radius 1 is 1.23 bits per heavy atom. The minimum Gasteiger partial charge on any atom is -0.497 e. The number of hydrogen-bond acceptors (Lipinski definition) is 3. The van der Waals surface area contributed by atoms with Crippen molar-refractivity contribution in [2.45, 2.75) is 32.2 Å². The Balaban J connectivity index is 1.83. The SMILES string of the molecule is CCC(=O)N1NC2=C(CCc3ccc(OC)cc32)C1c1ccc(F)cc1. The molecule has 5 heteroatoms. The van der Waals surface area contributed by atoms with Crippen molar-refractivity contribution in [2.75, 3.05) is 7.11 Å². The Kier molecular flexibility index (Phi) is 4.15. The maximum absolute atomic E-state index is 13.4. The number of rotatable bonds is 3. The van der Waals surface area contributed by atoms with Crippen molar-refractivity contribution < 1.29 is 13.9 Å². The van der Waals surface area contributed by atoms with Crippen molar-refractivity contribution in [3.63, 3.8) is 0 Å². The molecule has 1 unspecified atom stereocenters. The van der Waals surface area contributed by atoms with Gasteiger partial charge in [0, 0.05) is 12.0 Å². The number of hydrazine groups is 1. The average Bonchev–Trinajstić information content (AvgIpc) is 3.07. The molecule has 2 aliphatic rings. The molecular weight excluding hydrogens is 331 g/mol. The van der Waals surface area contributed by atoms with Gasteiger partial charge in [-0.15, -0.1) is 0 Å². The van der Waals surface area contributed by atoms with Crippen LogP contribution in [0.3, 0.4) is 0 Å². The van der Waals surface area contributed by atoms with Gasteiger partial charge in [-0.05, 0) is 53.8 Å².